The number of rotatable bonds is 9. The molecule has 0 aliphatic carbocycles. The molecule has 2 aromatic heterocycles. The molecular weight excluding hydrogens is 488 g/mol. The van der Waals surface area contributed by atoms with Gasteiger partial charge in [0.25, 0.3) is 5.56 Å². The van der Waals surface area contributed by atoms with Crippen LogP contribution < -0.4 is 10.9 Å². The highest BCUT2D eigenvalue weighted by Gasteiger charge is 2.51. The van der Waals surface area contributed by atoms with Gasteiger partial charge in [-0.1, -0.05) is 6.07 Å². The summed E-state index contributed by atoms with van der Waals surface area (Å²) in [6, 6.07) is 7.77. The van der Waals surface area contributed by atoms with Gasteiger partial charge in [-0.3, -0.25) is 14.9 Å². The zero-order chi connectivity index (χ0) is 27.0. The number of fused-ring (bicyclic) bond motifs is 1. The maximum Gasteiger partial charge on any atom is 0.326 e. The predicted molar refractivity (Wildman–Crippen MR) is 142 cm³/mol. The molecule has 3 N–H and O–H groups in total. The van der Waals surface area contributed by atoms with E-state index in [2.05, 4.69) is 9.88 Å². The molecule has 0 amide bonds. The second-order valence-electron chi connectivity index (χ2n) is 10.6. The minimum atomic E-state index is -1.51. The van der Waals surface area contributed by atoms with Crippen molar-refractivity contribution >= 4 is 17.0 Å². The number of carbonyl (C=O) groups is 1. The molecule has 0 radical (unpaired) electrons. The first kappa shape index (κ1) is 26.6. The molecule has 4 atom stereocenters. The number of imidazole rings is 1. The molecule has 10 heteroatoms. The summed E-state index contributed by atoms with van der Waals surface area (Å²) in [5.74, 6) is -0.669. The van der Waals surface area contributed by atoms with Crippen molar-refractivity contribution < 1.29 is 24.5 Å². The van der Waals surface area contributed by atoms with Gasteiger partial charge in [-0.25, -0.2) is 4.98 Å². The topological polar surface area (TPSA) is 128 Å². The summed E-state index contributed by atoms with van der Waals surface area (Å²) in [6.45, 7) is 5.73. The number of ether oxygens (including phenoxy) is 2. The van der Waals surface area contributed by atoms with Crippen LogP contribution in [0.2, 0.25) is 0 Å². The van der Waals surface area contributed by atoms with Crippen molar-refractivity contribution in [3.63, 3.8) is 0 Å². The number of aryl methyl sites for hydroxylation is 2. The first-order valence-electron chi connectivity index (χ1n) is 13.2. The van der Waals surface area contributed by atoms with Crippen molar-refractivity contribution in [3.05, 3.63) is 51.9 Å². The Kier molecular flexibility index (Phi) is 7.41. The average molecular weight is 525 g/mol. The van der Waals surface area contributed by atoms with Crippen LogP contribution in [0.15, 0.2) is 35.3 Å². The first-order chi connectivity index (χ1) is 18.2. The standard InChI is InChI=1S/C28H36N4O6/c1-17-11-20(14-31(3)26(17)34)25-30-23-12-19(6-7-24(23)32(25)15-22-5-4-9-38-22)13-29-28(18(2)33,27(35)36)21-8-10-37-16-21/h6-7,11-12,14,18,21-22,29,33H,4-5,8-10,13,15-16H2,1-3H3,(H,35,36)/t18-,21-,22+,28-/m1/s1. The number of aliphatic hydroxyl groups excluding tert-OH is 1. The molecule has 0 unspecified atom stereocenters. The van der Waals surface area contributed by atoms with Crippen molar-refractivity contribution in [3.8, 4) is 11.4 Å². The maximum absolute atomic E-state index is 12.4. The Morgan fingerprint density at radius 1 is 1.29 bits per heavy atom. The molecule has 2 aliphatic heterocycles. The zero-order valence-corrected chi connectivity index (χ0v) is 22.1. The van der Waals surface area contributed by atoms with Crippen LogP contribution in [-0.2, 0) is 34.4 Å². The molecule has 2 fully saturated rings. The lowest BCUT2D eigenvalue weighted by molar-refractivity contribution is -0.154. The van der Waals surface area contributed by atoms with Crippen LogP contribution in [-0.4, -0.2) is 67.9 Å². The quantitative estimate of drug-likeness (QED) is 0.389. The molecule has 1 aromatic carbocycles. The normalized spacial score (nSPS) is 22.1. The third-order valence-electron chi connectivity index (χ3n) is 8.01. The van der Waals surface area contributed by atoms with E-state index in [0.29, 0.717) is 31.7 Å². The molecule has 0 saturated carbocycles. The monoisotopic (exact) mass is 524 g/mol. The molecule has 5 rings (SSSR count). The van der Waals surface area contributed by atoms with E-state index in [1.54, 1.807) is 24.7 Å². The number of aliphatic carboxylic acids is 1. The number of pyridine rings is 1. The lowest BCUT2D eigenvalue weighted by Crippen LogP contribution is -2.64. The molecular formula is C28H36N4O6. The fourth-order valence-electron chi connectivity index (χ4n) is 5.89. The highest BCUT2D eigenvalue weighted by atomic mass is 16.5. The van der Waals surface area contributed by atoms with E-state index < -0.39 is 17.6 Å². The summed E-state index contributed by atoms with van der Waals surface area (Å²) in [5, 5.41) is 23.9. The van der Waals surface area contributed by atoms with Crippen LogP contribution in [0.4, 0.5) is 0 Å². The van der Waals surface area contributed by atoms with Crippen LogP contribution in [0, 0.1) is 12.8 Å². The number of benzene rings is 1. The second-order valence-corrected chi connectivity index (χ2v) is 10.6. The van der Waals surface area contributed by atoms with E-state index >= 15 is 0 Å². The summed E-state index contributed by atoms with van der Waals surface area (Å²) < 4.78 is 15.1. The number of nitrogens with one attached hydrogen (secondary N) is 1. The number of aliphatic hydroxyl groups is 1. The summed E-state index contributed by atoms with van der Waals surface area (Å²) in [5.41, 5.74) is 2.50. The highest BCUT2D eigenvalue weighted by molar-refractivity contribution is 5.82. The molecule has 0 bridgehead atoms. The first-order valence-corrected chi connectivity index (χ1v) is 13.2. The van der Waals surface area contributed by atoms with Crippen LogP contribution in [0.3, 0.4) is 0 Å². The molecule has 204 valence electrons. The number of carboxylic acid groups (broad SMARTS) is 1. The summed E-state index contributed by atoms with van der Waals surface area (Å²) in [6.07, 6.45) is 3.37. The zero-order valence-electron chi connectivity index (χ0n) is 22.1. The summed E-state index contributed by atoms with van der Waals surface area (Å²) in [7, 11) is 1.74. The largest absolute Gasteiger partial charge is 0.480 e. The average Bonchev–Trinajstić information content (AvgIpc) is 3.65. The van der Waals surface area contributed by atoms with E-state index in [-0.39, 0.29) is 24.1 Å². The predicted octanol–water partition coefficient (Wildman–Crippen LogP) is 2.22. The van der Waals surface area contributed by atoms with Gasteiger partial charge in [0.05, 0.1) is 36.4 Å². The van der Waals surface area contributed by atoms with Gasteiger partial charge >= 0.3 is 5.97 Å². The minimum Gasteiger partial charge on any atom is -0.480 e. The third-order valence-corrected chi connectivity index (χ3v) is 8.01. The molecule has 4 heterocycles. The Morgan fingerprint density at radius 2 is 2.11 bits per heavy atom. The third kappa shape index (κ3) is 4.77. The van der Waals surface area contributed by atoms with Crippen LogP contribution >= 0.6 is 0 Å². The molecule has 0 spiro atoms. The van der Waals surface area contributed by atoms with E-state index in [1.165, 1.54) is 6.92 Å². The smallest absolute Gasteiger partial charge is 0.326 e. The van der Waals surface area contributed by atoms with Crippen LogP contribution in [0.5, 0.6) is 0 Å². The van der Waals surface area contributed by atoms with Crippen LogP contribution in [0.1, 0.15) is 37.3 Å². The molecule has 10 nitrogen and oxygen atoms in total. The van der Waals surface area contributed by atoms with Crippen molar-refractivity contribution in [2.45, 2.75) is 63.9 Å². The van der Waals surface area contributed by atoms with Gasteiger partial charge in [0.1, 0.15) is 11.4 Å². The Bertz CT molecular complexity index is 1360. The maximum atomic E-state index is 12.4. The molecule has 2 aliphatic rings. The van der Waals surface area contributed by atoms with Gasteiger partial charge in [0.15, 0.2) is 0 Å². The molecule has 2 saturated heterocycles. The van der Waals surface area contributed by atoms with Crippen molar-refractivity contribution in [2.75, 3.05) is 19.8 Å². The van der Waals surface area contributed by atoms with Gasteiger partial charge < -0.3 is 28.8 Å². The van der Waals surface area contributed by atoms with Gasteiger partial charge in [0, 0.05) is 50.0 Å². The SMILES string of the molecule is Cc1cc(-c2nc3cc(CN[C@@](C(=O)O)([C@@H]4CCOC4)[C@@H](C)O)ccc3n2C[C@@H]2CCCO2)cn(C)c1=O. The fraction of sp³-hybridized carbons (Fsp3) is 0.536. The van der Waals surface area contributed by atoms with Crippen molar-refractivity contribution in [1.82, 2.24) is 19.4 Å². The van der Waals surface area contributed by atoms with Gasteiger partial charge in [-0.2, -0.15) is 0 Å². The van der Waals surface area contributed by atoms with Gasteiger partial charge in [-0.15, -0.1) is 0 Å². The number of aromatic nitrogens is 3. The van der Waals surface area contributed by atoms with Crippen molar-refractivity contribution in [2.24, 2.45) is 13.0 Å². The Hall–Kier alpha value is -3.05. The van der Waals surface area contributed by atoms with Crippen molar-refractivity contribution in [1.29, 1.82) is 0 Å². The minimum absolute atomic E-state index is 0.0448. The van der Waals surface area contributed by atoms with Gasteiger partial charge in [-0.05, 0) is 56.9 Å². The van der Waals surface area contributed by atoms with Crippen LogP contribution in [0.25, 0.3) is 22.4 Å². The molecule has 38 heavy (non-hydrogen) atoms. The van der Waals surface area contributed by atoms with E-state index in [4.69, 9.17) is 14.5 Å². The second kappa shape index (κ2) is 10.6. The summed E-state index contributed by atoms with van der Waals surface area (Å²) in [4.78, 5) is 29.7. The van der Waals surface area contributed by atoms with E-state index in [1.807, 2.05) is 24.3 Å². The Labute approximate surface area is 221 Å². The number of hydrogen-bond donors (Lipinski definition) is 3. The highest BCUT2D eigenvalue weighted by Crippen LogP contribution is 2.31. The van der Waals surface area contributed by atoms with Gasteiger partial charge in [0.2, 0.25) is 0 Å². The Morgan fingerprint density at radius 3 is 2.74 bits per heavy atom. The van der Waals surface area contributed by atoms with E-state index in [0.717, 1.165) is 47.4 Å². The summed E-state index contributed by atoms with van der Waals surface area (Å²) >= 11 is 0. The molecule has 3 aromatic rings. The fourth-order valence-corrected chi connectivity index (χ4v) is 5.89. The van der Waals surface area contributed by atoms with E-state index in [9.17, 15) is 19.8 Å². The Balaban J connectivity index is 1.51. The number of nitrogens with zero attached hydrogens (tertiary/aromatic N) is 3. The lowest BCUT2D eigenvalue weighted by Gasteiger charge is -2.38. The number of carboxylic acids is 1. The lowest BCUT2D eigenvalue weighted by atomic mass is 9.78. The number of hydrogen-bond acceptors (Lipinski definition) is 7.